The van der Waals surface area contributed by atoms with Crippen molar-refractivity contribution in [1.29, 1.82) is 0 Å². The minimum atomic E-state index is 0.456. The molecule has 0 aliphatic carbocycles. The number of rotatable bonds is 2. The minimum Gasteiger partial charge on any atom is -0.352 e. The lowest BCUT2D eigenvalue weighted by molar-refractivity contribution is 0.698. The van der Waals surface area contributed by atoms with E-state index in [-0.39, 0.29) is 0 Å². The Morgan fingerprint density at radius 2 is 2.00 bits per heavy atom. The van der Waals surface area contributed by atoms with Gasteiger partial charge >= 0.3 is 0 Å². The van der Waals surface area contributed by atoms with Gasteiger partial charge in [-0.1, -0.05) is 13.8 Å². The highest BCUT2D eigenvalue weighted by Gasteiger charge is 2.24. The number of aromatic nitrogens is 2. The summed E-state index contributed by atoms with van der Waals surface area (Å²) in [5.41, 5.74) is 2.26. The van der Waals surface area contributed by atoms with E-state index in [4.69, 9.17) is 4.98 Å². The van der Waals surface area contributed by atoms with E-state index in [1.54, 1.807) is 0 Å². The maximum Gasteiger partial charge on any atom is 0.150 e. The van der Waals surface area contributed by atoms with Crippen LogP contribution in [-0.2, 0) is 6.42 Å². The van der Waals surface area contributed by atoms with Gasteiger partial charge in [-0.3, -0.25) is 4.98 Å². The van der Waals surface area contributed by atoms with E-state index in [0.717, 1.165) is 30.2 Å². The van der Waals surface area contributed by atoms with Gasteiger partial charge in [0.05, 0.1) is 11.4 Å². The van der Waals surface area contributed by atoms with Crippen LogP contribution in [0, 0.1) is 0 Å². The molecule has 15 heavy (non-hydrogen) atoms. The number of anilines is 1. The molecular weight excluding hydrogens is 186 g/mol. The summed E-state index contributed by atoms with van der Waals surface area (Å²) in [5, 5.41) is 0. The molecule has 2 heterocycles. The smallest absolute Gasteiger partial charge is 0.150 e. The molecule has 0 saturated carbocycles. The Balaban J connectivity index is 2.38. The van der Waals surface area contributed by atoms with E-state index in [2.05, 4.69) is 37.6 Å². The van der Waals surface area contributed by atoms with Crippen LogP contribution in [0.2, 0.25) is 0 Å². The van der Waals surface area contributed by atoms with Crippen molar-refractivity contribution >= 4 is 5.82 Å². The van der Waals surface area contributed by atoms with E-state index < -0.39 is 0 Å². The zero-order valence-electron chi connectivity index (χ0n) is 9.99. The summed E-state index contributed by atoms with van der Waals surface area (Å²) in [4.78, 5) is 11.6. The average Bonchev–Trinajstić information content (AvgIpc) is 2.59. The third-order valence-electron chi connectivity index (χ3n) is 2.92. The molecule has 0 amide bonds. The Bertz CT molecular complexity index is 358. The fourth-order valence-corrected chi connectivity index (χ4v) is 1.94. The molecule has 0 atom stereocenters. The van der Waals surface area contributed by atoms with Crippen molar-refractivity contribution < 1.29 is 0 Å². The molecule has 82 valence electrons. The molecule has 0 saturated heterocycles. The molecule has 3 heteroatoms. The molecule has 3 nitrogen and oxygen atoms in total. The number of fused-ring (bicyclic) bond motifs is 1. The van der Waals surface area contributed by atoms with Crippen molar-refractivity contribution in [3.8, 4) is 0 Å². The molecule has 0 bridgehead atoms. The molecule has 0 N–H and O–H groups in total. The minimum absolute atomic E-state index is 0.456. The monoisotopic (exact) mass is 205 g/mol. The predicted octanol–water partition coefficient (Wildman–Crippen LogP) is 2.37. The summed E-state index contributed by atoms with van der Waals surface area (Å²) in [5.74, 6) is 1.56. The zero-order chi connectivity index (χ0) is 11.0. The lowest BCUT2D eigenvalue weighted by Gasteiger charge is -2.23. The fraction of sp³-hybridized carbons (Fsp3) is 0.667. The quantitative estimate of drug-likeness (QED) is 0.742. The maximum absolute atomic E-state index is 4.72. The largest absolute Gasteiger partial charge is 0.352 e. The Morgan fingerprint density at radius 3 is 2.60 bits per heavy atom. The van der Waals surface area contributed by atoms with Crippen molar-refractivity contribution in [3.63, 3.8) is 0 Å². The van der Waals surface area contributed by atoms with Crippen LogP contribution in [0.4, 0.5) is 5.82 Å². The van der Waals surface area contributed by atoms with Crippen LogP contribution in [0.3, 0.4) is 0 Å². The normalized spacial score (nSPS) is 15.2. The van der Waals surface area contributed by atoms with Gasteiger partial charge in [-0.15, -0.1) is 0 Å². The number of nitrogens with zero attached hydrogens (tertiary/aromatic N) is 3. The summed E-state index contributed by atoms with van der Waals surface area (Å²) in [7, 11) is 0. The Kier molecular flexibility index (Phi) is 2.63. The molecule has 1 aromatic heterocycles. The van der Waals surface area contributed by atoms with E-state index in [9.17, 15) is 0 Å². The topological polar surface area (TPSA) is 29.0 Å². The molecule has 1 aromatic rings. The highest BCUT2D eigenvalue weighted by Crippen LogP contribution is 2.27. The molecule has 0 radical (unpaired) electrons. The fourth-order valence-electron chi connectivity index (χ4n) is 1.94. The summed E-state index contributed by atoms with van der Waals surface area (Å²) >= 11 is 0. The van der Waals surface area contributed by atoms with Crippen LogP contribution < -0.4 is 4.90 Å². The predicted molar refractivity (Wildman–Crippen MR) is 62.3 cm³/mol. The third-order valence-corrected chi connectivity index (χ3v) is 2.92. The van der Waals surface area contributed by atoms with Gasteiger partial charge in [-0.2, -0.15) is 0 Å². The summed E-state index contributed by atoms with van der Waals surface area (Å²) in [6.45, 7) is 9.79. The number of hydrogen-bond acceptors (Lipinski definition) is 3. The van der Waals surface area contributed by atoms with Crippen molar-refractivity contribution in [3.05, 3.63) is 17.6 Å². The Morgan fingerprint density at radius 1 is 1.27 bits per heavy atom. The van der Waals surface area contributed by atoms with Crippen LogP contribution in [0.5, 0.6) is 0 Å². The van der Waals surface area contributed by atoms with Gasteiger partial charge in [0.2, 0.25) is 0 Å². The van der Waals surface area contributed by atoms with Crippen molar-refractivity contribution in [2.24, 2.45) is 0 Å². The lowest BCUT2D eigenvalue weighted by Crippen LogP contribution is -2.29. The molecule has 0 fully saturated rings. The molecule has 1 aliphatic heterocycles. The molecule has 0 aromatic carbocycles. The molecular formula is C12H19N3. The first-order valence-corrected chi connectivity index (χ1v) is 5.72. The summed E-state index contributed by atoms with van der Waals surface area (Å²) in [6.07, 6.45) is 2.96. The van der Waals surface area contributed by atoms with Gasteiger partial charge < -0.3 is 4.90 Å². The van der Waals surface area contributed by atoms with Gasteiger partial charge in [-0.05, 0) is 19.8 Å². The van der Waals surface area contributed by atoms with Crippen LogP contribution in [0.25, 0.3) is 0 Å². The maximum atomic E-state index is 4.72. The Labute approximate surface area is 91.5 Å². The van der Waals surface area contributed by atoms with Crippen molar-refractivity contribution in [2.45, 2.75) is 46.1 Å². The molecule has 1 aliphatic rings. The molecule has 0 spiro atoms. The van der Waals surface area contributed by atoms with Gasteiger partial charge in [0.25, 0.3) is 0 Å². The van der Waals surface area contributed by atoms with E-state index in [1.807, 2.05) is 6.20 Å². The van der Waals surface area contributed by atoms with Crippen LogP contribution in [-0.4, -0.2) is 22.6 Å². The Hall–Kier alpha value is -1.12. The van der Waals surface area contributed by atoms with Crippen LogP contribution in [0.1, 0.15) is 45.0 Å². The van der Waals surface area contributed by atoms with Gasteiger partial charge in [-0.25, -0.2) is 4.98 Å². The van der Waals surface area contributed by atoms with Gasteiger partial charge in [0, 0.05) is 25.2 Å². The third kappa shape index (κ3) is 1.83. The van der Waals surface area contributed by atoms with E-state index in [0.29, 0.717) is 12.0 Å². The second-order valence-corrected chi connectivity index (χ2v) is 4.76. The van der Waals surface area contributed by atoms with Crippen molar-refractivity contribution in [1.82, 2.24) is 9.97 Å². The first-order chi connectivity index (χ1) is 7.09. The standard InChI is InChI=1S/C12H19N3/c1-8(2)11-7-13-10-5-6-15(9(3)4)12(10)14-11/h7-9H,5-6H2,1-4H3. The van der Waals surface area contributed by atoms with Crippen LogP contribution in [0.15, 0.2) is 6.20 Å². The average molecular weight is 205 g/mol. The summed E-state index contributed by atoms with van der Waals surface area (Å²) < 4.78 is 0. The summed E-state index contributed by atoms with van der Waals surface area (Å²) in [6, 6.07) is 0.517. The first kappa shape index (κ1) is 10.4. The second-order valence-electron chi connectivity index (χ2n) is 4.76. The highest BCUT2D eigenvalue weighted by atomic mass is 15.2. The SMILES string of the molecule is CC(C)c1cnc2c(n1)N(C(C)C)CC2. The van der Waals surface area contributed by atoms with Crippen LogP contribution >= 0.6 is 0 Å². The zero-order valence-corrected chi connectivity index (χ0v) is 9.99. The van der Waals surface area contributed by atoms with E-state index >= 15 is 0 Å². The van der Waals surface area contributed by atoms with Crippen molar-refractivity contribution in [2.75, 3.05) is 11.4 Å². The van der Waals surface area contributed by atoms with Gasteiger partial charge in [0.15, 0.2) is 5.82 Å². The number of hydrogen-bond donors (Lipinski definition) is 0. The van der Waals surface area contributed by atoms with Gasteiger partial charge in [0.1, 0.15) is 0 Å². The molecule has 2 rings (SSSR count). The first-order valence-electron chi connectivity index (χ1n) is 5.72. The highest BCUT2D eigenvalue weighted by molar-refractivity contribution is 5.49. The molecule has 0 unspecified atom stereocenters. The van der Waals surface area contributed by atoms with E-state index in [1.165, 1.54) is 0 Å². The lowest BCUT2D eigenvalue weighted by atomic mass is 10.1. The second kappa shape index (κ2) is 3.80.